The van der Waals surface area contributed by atoms with E-state index in [-0.39, 0.29) is 29.3 Å². The van der Waals surface area contributed by atoms with Crippen LogP contribution in [0.1, 0.15) is 70.7 Å². The van der Waals surface area contributed by atoms with Crippen LogP contribution in [0.15, 0.2) is 63.8 Å². The Labute approximate surface area is 215 Å². The Balaban J connectivity index is 1.52. The van der Waals surface area contributed by atoms with Gasteiger partial charge in [0.25, 0.3) is 5.91 Å². The van der Waals surface area contributed by atoms with Crippen LogP contribution in [-0.2, 0) is 12.0 Å². The summed E-state index contributed by atoms with van der Waals surface area (Å²) in [6.07, 6.45) is 0. The number of carbonyl (C=O) groups is 1. The van der Waals surface area contributed by atoms with E-state index in [1.165, 1.54) is 5.56 Å². The van der Waals surface area contributed by atoms with E-state index < -0.39 is 6.04 Å². The molecule has 0 N–H and O–H groups in total. The lowest BCUT2D eigenvalue weighted by Crippen LogP contribution is -2.29. The molecule has 0 bridgehead atoms. The number of hydrogen-bond donors (Lipinski definition) is 0. The Morgan fingerprint density at radius 1 is 0.892 bits per heavy atom. The third-order valence-corrected chi connectivity index (χ3v) is 7.46. The highest BCUT2D eigenvalue weighted by Crippen LogP contribution is 2.41. The minimum atomic E-state index is -0.566. The van der Waals surface area contributed by atoms with E-state index in [0.29, 0.717) is 34.6 Å². The molecule has 37 heavy (non-hydrogen) atoms. The standard InChI is InChI=1S/C31H29NO5/c1-17-12-22-24(13-18(17)2)37-29-26(28(22)33)27(20-7-9-21(10-8-20)31(3,4)5)32(30(29)34)15-19-6-11-23-25(14-19)36-16-35-23/h6-14,27H,15-16H2,1-5H3/t27-/m1/s1. The SMILES string of the molecule is Cc1cc2oc3c(c(=O)c2cc1C)[C@@H](c1ccc(C(C)(C)C)cc1)N(Cc1ccc2c(c1)OCO2)C3=O. The van der Waals surface area contributed by atoms with Gasteiger partial charge >= 0.3 is 0 Å². The summed E-state index contributed by atoms with van der Waals surface area (Å²) in [5.41, 5.74) is 5.60. The monoisotopic (exact) mass is 495 g/mol. The maximum Gasteiger partial charge on any atom is 0.291 e. The van der Waals surface area contributed by atoms with E-state index in [9.17, 15) is 9.59 Å². The zero-order valence-corrected chi connectivity index (χ0v) is 21.7. The molecule has 1 aromatic heterocycles. The topological polar surface area (TPSA) is 69.0 Å². The van der Waals surface area contributed by atoms with Crippen LogP contribution in [0.4, 0.5) is 0 Å². The first-order valence-electron chi connectivity index (χ1n) is 12.5. The van der Waals surface area contributed by atoms with Crippen molar-refractivity contribution in [2.24, 2.45) is 0 Å². The molecule has 0 unspecified atom stereocenters. The van der Waals surface area contributed by atoms with Crippen LogP contribution in [-0.4, -0.2) is 17.6 Å². The van der Waals surface area contributed by atoms with Gasteiger partial charge in [0.1, 0.15) is 5.58 Å². The zero-order chi connectivity index (χ0) is 26.1. The number of rotatable bonds is 3. The molecular weight excluding hydrogens is 466 g/mol. The van der Waals surface area contributed by atoms with Crippen LogP contribution < -0.4 is 14.9 Å². The molecule has 1 atom stereocenters. The van der Waals surface area contributed by atoms with Gasteiger partial charge in [0.15, 0.2) is 16.9 Å². The molecule has 0 aliphatic carbocycles. The van der Waals surface area contributed by atoms with Crippen LogP contribution in [0.2, 0.25) is 0 Å². The van der Waals surface area contributed by atoms with Crippen molar-refractivity contribution in [3.05, 3.63) is 104 Å². The molecule has 6 rings (SSSR count). The van der Waals surface area contributed by atoms with Crippen molar-refractivity contribution >= 4 is 16.9 Å². The largest absolute Gasteiger partial charge is 0.454 e. The highest BCUT2D eigenvalue weighted by molar-refractivity contribution is 5.99. The molecule has 0 saturated heterocycles. The van der Waals surface area contributed by atoms with Crippen LogP contribution in [0, 0.1) is 13.8 Å². The molecule has 0 radical (unpaired) electrons. The fraction of sp³-hybridized carbons (Fsp3) is 0.290. The minimum absolute atomic E-state index is 0.0152. The van der Waals surface area contributed by atoms with Gasteiger partial charge in [0.2, 0.25) is 12.6 Å². The second kappa shape index (κ2) is 8.23. The third-order valence-electron chi connectivity index (χ3n) is 7.46. The highest BCUT2D eigenvalue weighted by Gasteiger charge is 2.43. The Morgan fingerprint density at radius 2 is 1.59 bits per heavy atom. The van der Waals surface area contributed by atoms with E-state index in [4.69, 9.17) is 13.9 Å². The first-order chi connectivity index (χ1) is 17.6. The van der Waals surface area contributed by atoms with Gasteiger partial charge in [0.05, 0.1) is 17.0 Å². The van der Waals surface area contributed by atoms with Crippen molar-refractivity contribution in [1.29, 1.82) is 0 Å². The molecule has 6 heteroatoms. The van der Waals surface area contributed by atoms with Crippen molar-refractivity contribution in [2.45, 2.75) is 52.6 Å². The summed E-state index contributed by atoms with van der Waals surface area (Å²) in [6.45, 7) is 10.9. The van der Waals surface area contributed by atoms with Crippen LogP contribution in [0.25, 0.3) is 11.0 Å². The second-order valence-electron chi connectivity index (χ2n) is 11.0. The Morgan fingerprint density at radius 3 is 2.32 bits per heavy atom. The first kappa shape index (κ1) is 23.3. The lowest BCUT2D eigenvalue weighted by Gasteiger charge is -2.26. The van der Waals surface area contributed by atoms with E-state index in [2.05, 4.69) is 32.9 Å². The van der Waals surface area contributed by atoms with E-state index in [0.717, 1.165) is 22.3 Å². The van der Waals surface area contributed by atoms with Crippen molar-refractivity contribution in [3.8, 4) is 11.5 Å². The number of fused-ring (bicyclic) bond motifs is 3. The molecule has 188 valence electrons. The molecule has 3 heterocycles. The van der Waals surface area contributed by atoms with Crippen molar-refractivity contribution < 1.29 is 18.7 Å². The van der Waals surface area contributed by atoms with Crippen molar-refractivity contribution in [3.63, 3.8) is 0 Å². The molecular formula is C31H29NO5. The van der Waals surface area contributed by atoms with Gasteiger partial charge in [-0.05, 0) is 71.3 Å². The van der Waals surface area contributed by atoms with Crippen molar-refractivity contribution in [2.75, 3.05) is 6.79 Å². The summed E-state index contributed by atoms with van der Waals surface area (Å²) in [5.74, 6) is 1.16. The number of aryl methyl sites for hydroxylation is 2. The highest BCUT2D eigenvalue weighted by atomic mass is 16.7. The Bertz CT molecular complexity index is 1630. The predicted molar refractivity (Wildman–Crippen MR) is 141 cm³/mol. The lowest BCUT2D eigenvalue weighted by molar-refractivity contribution is 0.0714. The quantitative estimate of drug-likeness (QED) is 0.339. The van der Waals surface area contributed by atoms with Crippen LogP contribution in [0.5, 0.6) is 11.5 Å². The summed E-state index contributed by atoms with van der Waals surface area (Å²) in [4.78, 5) is 29.5. The van der Waals surface area contributed by atoms with E-state index in [1.807, 2.05) is 56.3 Å². The van der Waals surface area contributed by atoms with E-state index in [1.54, 1.807) is 4.90 Å². The van der Waals surface area contributed by atoms with Crippen molar-refractivity contribution in [1.82, 2.24) is 4.90 Å². The van der Waals surface area contributed by atoms with Gasteiger partial charge < -0.3 is 18.8 Å². The smallest absolute Gasteiger partial charge is 0.291 e. The summed E-state index contributed by atoms with van der Waals surface area (Å²) in [5, 5.41) is 0.496. The van der Waals surface area contributed by atoms with Gasteiger partial charge in [-0.1, -0.05) is 51.1 Å². The summed E-state index contributed by atoms with van der Waals surface area (Å²) in [7, 11) is 0. The summed E-state index contributed by atoms with van der Waals surface area (Å²) in [6, 6.07) is 17.0. The fourth-order valence-electron chi connectivity index (χ4n) is 5.19. The number of benzene rings is 3. The molecule has 0 saturated carbocycles. The Kier molecular flexibility index (Phi) is 5.19. The average molecular weight is 496 g/mol. The van der Waals surface area contributed by atoms with Gasteiger partial charge in [-0.25, -0.2) is 0 Å². The number of nitrogens with zero attached hydrogens (tertiary/aromatic N) is 1. The number of amides is 1. The molecule has 0 spiro atoms. The minimum Gasteiger partial charge on any atom is -0.454 e. The molecule has 0 fully saturated rings. The number of ether oxygens (including phenoxy) is 2. The molecule has 6 nitrogen and oxygen atoms in total. The summed E-state index contributed by atoms with van der Waals surface area (Å²) >= 11 is 0. The molecule has 3 aromatic carbocycles. The van der Waals surface area contributed by atoms with E-state index >= 15 is 0 Å². The second-order valence-corrected chi connectivity index (χ2v) is 11.0. The third kappa shape index (κ3) is 3.79. The van der Waals surface area contributed by atoms with Gasteiger partial charge in [0, 0.05) is 6.54 Å². The first-order valence-corrected chi connectivity index (χ1v) is 12.5. The fourth-order valence-corrected chi connectivity index (χ4v) is 5.19. The van der Waals surface area contributed by atoms with Crippen LogP contribution >= 0.6 is 0 Å². The number of hydrogen-bond acceptors (Lipinski definition) is 5. The average Bonchev–Trinajstić information content (AvgIpc) is 3.43. The molecule has 1 amide bonds. The molecule has 2 aliphatic heterocycles. The Hall–Kier alpha value is -4.06. The lowest BCUT2D eigenvalue weighted by atomic mass is 9.86. The van der Waals surface area contributed by atoms with Gasteiger partial charge in [-0.3, -0.25) is 9.59 Å². The van der Waals surface area contributed by atoms with Gasteiger partial charge in [-0.15, -0.1) is 0 Å². The summed E-state index contributed by atoms with van der Waals surface area (Å²) < 4.78 is 17.2. The predicted octanol–water partition coefficient (Wildman–Crippen LogP) is 6.18. The maximum atomic E-state index is 13.9. The normalized spacial score (nSPS) is 16.5. The van der Waals surface area contributed by atoms with Crippen LogP contribution in [0.3, 0.4) is 0 Å². The number of carbonyl (C=O) groups excluding carboxylic acids is 1. The molecule has 2 aliphatic rings. The maximum absolute atomic E-state index is 13.9. The zero-order valence-electron chi connectivity index (χ0n) is 21.7. The van der Waals surface area contributed by atoms with Gasteiger partial charge in [-0.2, -0.15) is 0 Å². The molecule has 4 aromatic rings.